The molecule has 0 unspecified atom stereocenters. The summed E-state index contributed by atoms with van der Waals surface area (Å²) in [6, 6.07) is 17.7. The Hall–Kier alpha value is -2.27. The Morgan fingerprint density at radius 1 is 1.17 bits per heavy atom. The maximum Gasteiger partial charge on any atom is 0.280 e. The van der Waals surface area contributed by atoms with Crippen LogP contribution < -0.4 is 4.74 Å². The van der Waals surface area contributed by atoms with Gasteiger partial charge in [-0.2, -0.15) is 5.10 Å². The number of thioether (sulfide) groups is 1. The molecular weight excluding hydrogens is 308 g/mol. The Morgan fingerprint density at radius 3 is 2.61 bits per heavy atom. The van der Waals surface area contributed by atoms with Crippen molar-refractivity contribution >= 4 is 23.4 Å². The zero-order valence-corrected chi connectivity index (χ0v) is 13.8. The van der Waals surface area contributed by atoms with Crippen LogP contribution in [0.25, 0.3) is 0 Å². The number of rotatable bonds is 5. The number of benzene rings is 2. The summed E-state index contributed by atoms with van der Waals surface area (Å²) in [5.41, 5.74) is 2.01. The highest BCUT2D eigenvalue weighted by molar-refractivity contribution is 7.98. The van der Waals surface area contributed by atoms with Crippen molar-refractivity contribution in [1.29, 1.82) is 0 Å². The fourth-order valence-electron chi connectivity index (χ4n) is 2.36. The van der Waals surface area contributed by atoms with E-state index in [2.05, 4.69) is 5.10 Å². The molecule has 4 nitrogen and oxygen atoms in total. The van der Waals surface area contributed by atoms with Crippen molar-refractivity contribution in [3.8, 4) is 5.75 Å². The number of nitrogens with zero attached hydrogens (tertiary/aromatic N) is 2. The van der Waals surface area contributed by atoms with Crippen LogP contribution in [0.3, 0.4) is 0 Å². The quantitative estimate of drug-likeness (QED) is 0.791. The minimum atomic E-state index is -0.120. The van der Waals surface area contributed by atoms with Gasteiger partial charge in [0.1, 0.15) is 5.75 Å². The number of carbonyl (C=O) groups is 1. The topological polar surface area (TPSA) is 41.9 Å². The van der Waals surface area contributed by atoms with Gasteiger partial charge >= 0.3 is 0 Å². The first kappa shape index (κ1) is 15.6. The molecular formula is C18H18N2O2S. The third-order valence-electron chi connectivity index (χ3n) is 3.62. The highest BCUT2D eigenvalue weighted by atomic mass is 32.2. The van der Waals surface area contributed by atoms with Crippen LogP contribution in [0.15, 0.2) is 64.6 Å². The van der Waals surface area contributed by atoms with E-state index in [9.17, 15) is 4.79 Å². The Morgan fingerprint density at radius 2 is 1.91 bits per heavy atom. The molecule has 0 bridgehead atoms. The van der Waals surface area contributed by atoms with Crippen molar-refractivity contribution in [3.05, 3.63) is 60.2 Å². The lowest BCUT2D eigenvalue weighted by Crippen LogP contribution is -2.28. The second kappa shape index (κ2) is 7.33. The first-order chi connectivity index (χ1) is 11.3. The first-order valence-corrected chi connectivity index (χ1v) is 8.69. The van der Waals surface area contributed by atoms with E-state index >= 15 is 0 Å². The summed E-state index contributed by atoms with van der Waals surface area (Å²) in [5, 5.41) is 5.91. The lowest BCUT2D eigenvalue weighted by molar-refractivity contribution is -0.132. The second-order valence-electron chi connectivity index (χ2n) is 5.14. The first-order valence-electron chi connectivity index (χ1n) is 7.46. The molecule has 0 atom stereocenters. The Kier molecular flexibility index (Phi) is 4.98. The Bertz CT molecular complexity index is 699. The number of amides is 1. The molecule has 3 rings (SSSR count). The van der Waals surface area contributed by atoms with E-state index in [1.165, 1.54) is 9.90 Å². The van der Waals surface area contributed by atoms with Gasteiger partial charge < -0.3 is 4.74 Å². The average Bonchev–Trinajstić information content (AvgIpc) is 3.11. The monoisotopic (exact) mass is 326 g/mol. The number of carbonyl (C=O) groups excluding carboxylic acids is 1. The third-order valence-corrected chi connectivity index (χ3v) is 4.36. The molecule has 1 amide bonds. The van der Waals surface area contributed by atoms with Crippen molar-refractivity contribution < 1.29 is 9.53 Å². The van der Waals surface area contributed by atoms with Crippen LogP contribution in [0.4, 0.5) is 0 Å². The lowest BCUT2D eigenvalue weighted by Gasteiger charge is -2.12. The predicted octanol–water partition coefficient (Wildman–Crippen LogP) is 3.42. The van der Waals surface area contributed by atoms with Crippen LogP contribution in [0.5, 0.6) is 5.75 Å². The molecule has 0 N–H and O–H groups in total. The van der Waals surface area contributed by atoms with Crippen LogP contribution in [0, 0.1) is 0 Å². The third kappa shape index (κ3) is 3.93. The van der Waals surface area contributed by atoms with E-state index in [1.54, 1.807) is 11.8 Å². The molecule has 0 radical (unpaired) electrons. The SMILES string of the molecule is CSc1ccc(OCC(=O)N2CCC(c3ccccc3)=N2)cc1. The maximum atomic E-state index is 12.2. The molecule has 0 saturated carbocycles. The van der Waals surface area contributed by atoms with Crippen molar-refractivity contribution in [3.63, 3.8) is 0 Å². The van der Waals surface area contributed by atoms with Gasteiger partial charge in [-0.15, -0.1) is 11.8 Å². The van der Waals surface area contributed by atoms with Gasteiger partial charge in [-0.05, 0) is 36.1 Å². The van der Waals surface area contributed by atoms with Gasteiger partial charge in [0.15, 0.2) is 6.61 Å². The van der Waals surface area contributed by atoms with Crippen molar-refractivity contribution in [2.45, 2.75) is 11.3 Å². The fraction of sp³-hybridized carbons (Fsp3) is 0.222. The molecule has 0 aromatic heterocycles. The smallest absolute Gasteiger partial charge is 0.280 e. The molecule has 2 aromatic rings. The normalized spacial score (nSPS) is 13.8. The fourth-order valence-corrected chi connectivity index (χ4v) is 2.77. The van der Waals surface area contributed by atoms with E-state index in [0.717, 1.165) is 17.7 Å². The van der Waals surface area contributed by atoms with Crippen molar-refractivity contribution in [1.82, 2.24) is 5.01 Å². The molecule has 118 valence electrons. The van der Waals surface area contributed by atoms with Crippen LogP contribution in [-0.4, -0.2) is 36.0 Å². The van der Waals surface area contributed by atoms with Crippen molar-refractivity contribution in [2.75, 3.05) is 19.4 Å². The minimum absolute atomic E-state index is 0.00415. The van der Waals surface area contributed by atoms with E-state index in [1.807, 2.05) is 60.9 Å². The van der Waals surface area contributed by atoms with E-state index < -0.39 is 0 Å². The number of hydrogen-bond acceptors (Lipinski definition) is 4. The number of hydrazone groups is 1. The van der Waals surface area contributed by atoms with Crippen LogP contribution in [-0.2, 0) is 4.79 Å². The Labute approximate surface area is 140 Å². The Balaban J connectivity index is 1.57. The van der Waals surface area contributed by atoms with Crippen LogP contribution in [0.1, 0.15) is 12.0 Å². The van der Waals surface area contributed by atoms with Crippen LogP contribution >= 0.6 is 11.8 Å². The van der Waals surface area contributed by atoms with E-state index in [-0.39, 0.29) is 12.5 Å². The molecule has 1 aliphatic heterocycles. The standard InChI is InChI=1S/C18H18N2O2S/c1-23-16-9-7-15(8-10-16)22-13-18(21)20-12-11-17(19-20)14-5-3-2-4-6-14/h2-10H,11-13H2,1H3. The van der Waals surface area contributed by atoms with Gasteiger partial charge in [0.25, 0.3) is 5.91 Å². The summed E-state index contributed by atoms with van der Waals surface area (Å²) in [6.45, 7) is 0.613. The number of hydrogen-bond donors (Lipinski definition) is 0. The largest absolute Gasteiger partial charge is 0.484 e. The summed E-state index contributed by atoms with van der Waals surface area (Å²) in [5.74, 6) is 0.576. The summed E-state index contributed by atoms with van der Waals surface area (Å²) >= 11 is 1.67. The average molecular weight is 326 g/mol. The van der Waals surface area contributed by atoms with Gasteiger partial charge in [0, 0.05) is 11.3 Å². The molecule has 23 heavy (non-hydrogen) atoms. The lowest BCUT2D eigenvalue weighted by atomic mass is 10.1. The molecule has 0 saturated heterocycles. The molecule has 0 spiro atoms. The molecule has 1 aliphatic rings. The molecule has 0 fully saturated rings. The zero-order chi connectivity index (χ0) is 16.1. The predicted molar refractivity (Wildman–Crippen MR) is 93.0 cm³/mol. The van der Waals surface area contributed by atoms with Gasteiger partial charge in [-0.1, -0.05) is 30.3 Å². The maximum absolute atomic E-state index is 12.2. The summed E-state index contributed by atoms with van der Waals surface area (Å²) in [4.78, 5) is 13.4. The molecule has 0 aliphatic carbocycles. The van der Waals surface area contributed by atoms with Gasteiger partial charge in [-0.3, -0.25) is 4.79 Å². The second-order valence-corrected chi connectivity index (χ2v) is 6.02. The van der Waals surface area contributed by atoms with E-state index in [4.69, 9.17) is 4.74 Å². The number of ether oxygens (including phenoxy) is 1. The highest BCUT2D eigenvalue weighted by Gasteiger charge is 2.21. The molecule has 5 heteroatoms. The summed E-state index contributed by atoms with van der Waals surface area (Å²) in [6.07, 6.45) is 2.80. The zero-order valence-electron chi connectivity index (χ0n) is 12.9. The van der Waals surface area contributed by atoms with Gasteiger partial charge in [-0.25, -0.2) is 5.01 Å². The van der Waals surface area contributed by atoms with Gasteiger partial charge in [0.2, 0.25) is 0 Å². The van der Waals surface area contributed by atoms with Crippen molar-refractivity contribution in [2.24, 2.45) is 5.10 Å². The highest BCUT2D eigenvalue weighted by Crippen LogP contribution is 2.19. The van der Waals surface area contributed by atoms with Crippen LogP contribution in [0.2, 0.25) is 0 Å². The summed E-state index contributed by atoms with van der Waals surface area (Å²) in [7, 11) is 0. The minimum Gasteiger partial charge on any atom is -0.484 e. The molecule has 1 heterocycles. The summed E-state index contributed by atoms with van der Waals surface area (Å²) < 4.78 is 5.55. The molecule has 2 aromatic carbocycles. The van der Waals surface area contributed by atoms with Gasteiger partial charge in [0.05, 0.1) is 12.3 Å². The van der Waals surface area contributed by atoms with E-state index in [0.29, 0.717) is 12.3 Å².